The molecule has 0 unspecified atom stereocenters. The fourth-order valence-corrected chi connectivity index (χ4v) is 2.44. The third kappa shape index (κ3) is 3.44. The molecular weight excluding hydrogens is 428 g/mol. The van der Waals surface area contributed by atoms with E-state index in [1.54, 1.807) is 6.07 Å². The lowest BCUT2D eigenvalue weighted by atomic mass is 10.2. The molecule has 0 spiro atoms. The molecule has 0 saturated carbocycles. The van der Waals surface area contributed by atoms with Crippen LogP contribution in [-0.2, 0) is 0 Å². The number of benzene rings is 2. The number of phenolic OH excluding ortho intramolecular Hbond substituents is 1. The second kappa shape index (κ2) is 5.87. The molecule has 0 atom stereocenters. The van der Waals surface area contributed by atoms with Gasteiger partial charge in [-0.05, 0) is 59.0 Å². The van der Waals surface area contributed by atoms with Crippen LogP contribution in [0, 0.1) is 9.39 Å². The fourth-order valence-electron chi connectivity index (χ4n) is 1.47. The summed E-state index contributed by atoms with van der Waals surface area (Å²) in [5.41, 5.74) is 0.640. The Bertz CT molecular complexity index is 649. The average Bonchev–Trinajstić information content (AvgIpc) is 2.35. The molecule has 0 fully saturated rings. The molecule has 0 radical (unpaired) electrons. The summed E-state index contributed by atoms with van der Waals surface area (Å²) in [5.74, 6) is -0.936. The van der Waals surface area contributed by atoms with Crippen molar-refractivity contribution in [3.8, 4) is 5.75 Å². The van der Waals surface area contributed by atoms with Gasteiger partial charge in [-0.3, -0.25) is 4.79 Å². The van der Waals surface area contributed by atoms with Crippen molar-refractivity contribution in [2.75, 3.05) is 5.32 Å². The minimum absolute atomic E-state index is 0.113. The molecule has 2 aromatic rings. The summed E-state index contributed by atoms with van der Waals surface area (Å²) in [6, 6.07) is 8.63. The number of nitrogens with one attached hydrogen (secondary N) is 1. The first-order valence-electron chi connectivity index (χ1n) is 5.22. The lowest BCUT2D eigenvalue weighted by Crippen LogP contribution is -2.13. The van der Waals surface area contributed by atoms with Crippen molar-refractivity contribution in [3.63, 3.8) is 0 Å². The van der Waals surface area contributed by atoms with E-state index >= 15 is 0 Å². The van der Waals surface area contributed by atoms with Crippen molar-refractivity contribution in [1.82, 2.24) is 0 Å². The van der Waals surface area contributed by atoms with Gasteiger partial charge in [-0.2, -0.15) is 0 Å². The molecule has 0 aliphatic heterocycles. The SMILES string of the molecule is O=C(Nc1ccc(F)cc1I)c1cc(Br)ccc1O. The zero-order valence-corrected chi connectivity index (χ0v) is 13.2. The number of halogens is 3. The maximum absolute atomic E-state index is 13.0. The standard InChI is InChI=1S/C13H8BrFINO2/c14-7-1-4-12(18)9(5-7)13(19)17-11-3-2-8(15)6-10(11)16/h1-6,18H,(H,17,19). The Labute approximate surface area is 131 Å². The number of phenols is 1. The number of rotatable bonds is 2. The summed E-state index contributed by atoms with van der Waals surface area (Å²) in [4.78, 5) is 12.0. The van der Waals surface area contributed by atoms with E-state index < -0.39 is 5.91 Å². The third-order valence-electron chi connectivity index (χ3n) is 2.38. The Hall–Kier alpha value is -1.15. The minimum Gasteiger partial charge on any atom is -0.507 e. The van der Waals surface area contributed by atoms with Gasteiger partial charge in [0.2, 0.25) is 0 Å². The van der Waals surface area contributed by atoms with Crippen LogP contribution in [0.2, 0.25) is 0 Å². The first kappa shape index (κ1) is 14.3. The number of aromatic hydroxyl groups is 1. The summed E-state index contributed by atoms with van der Waals surface area (Å²) >= 11 is 5.16. The lowest BCUT2D eigenvalue weighted by molar-refractivity contribution is 0.102. The van der Waals surface area contributed by atoms with Crippen LogP contribution in [0.15, 0.2) is 40.9 Å². The van der Waals surface area contributed by atoms with Crippen LogP contribution in [-0.4, -0.2) is 11.0 Å². The van der Waals surface area contributed by atoms with Crippen LogP contribution in [0.25, 0.3) is 0 Å². The Morgan fingerprint density at radius 1 is 1.26 bits per heavy atom. The van der Waals surface area contributed by atoms with E-state index in [1.165, 1.54) is 30.3 Å². The van der Waals surface area contributed by atoms with Crippen LogP contribution in [0.4, 0.5) is 10.1 Å². The van der Waals surface area contributed by atoms with Gasteiger partial charge in [0.15, 0.2) is 0 Å². The molecule has 2 N–H and O–H groups in total. The maximum atomic E-state index is 13.0. The van der Waals surface area contributed by atoms with E-state index in [9.17, 15) is 14.3 Å². The molecule has 1 amide bonds. The molecule has 0 aliphatic carbocycles. The van der Waals surface area contributed by atoms with Crippen molar-refractivity contribution in [1.29, 1.82) is 0 Å². The van der Waals surface area contributed by atoms with Crippen LogP contribution >= 0.6 is 38.5 Å². The molecule has 98 valence electrons. The van der Waals surface area contributed by atoms with Gasteiger partial charge in [-0.15, -0.1) is 0 Å². The van der Waals surface area contributed by atoms with Crippen LogP contribution < -0.4 is 5.32 Å². The molecule has 2 rings (SSSR count). The highest BCUT2D eigenvalue weighted by molar-refractivity contribution is 14.1. The quantitative estimate of drug-likeness (QED) is 0.696. The number of hydrogen-bond donors (Lipinski definition) is 2. The molecule has 2 aromatic carbocycles. The maximum Gasteiger partial charge on any atom is 0.259 e. The monoisotopic (exact) mass is 435 g/mol. The first-order valence-corrected chi connectivity index (χ1v) is 7.09. The molecular formula is C13H8BrFINO2. The van der Waals surface area contributed by atoms with Crippen LogP contribution in [0.1, 0.15) is 10.4 Å². The minimum atomic E-state index is -0.455. The van der Waals surface area contributed by atoms with Crippen molar-refractivity contribution < 1.29 is 14.3 Å². The summed E-state index contributed by atoms with van der Waals surface area (Å²) in [5, 5.41) is 12.3. The van der Waals surface area contributed by atoms with Crippen molar-refractivity contribution in [2.24, 2.45) is 0 Å². The first-order chi connectivity index (χ1) is 8.97. The predicted molar refractivity (Wildman–Crippen MR) is 82.9 cm³/mol. The van der Waals surface area contributed by atoms with Gasteiger partial charge in [-0.1, -0.05) is 15.9 Å². The molecule has 0 aromatic heterocycles. The summed E-state index contributed by atoms with van der Waals surface area (Å²) < 4.78 is 14.2. The molecule has 6 heteroatoms. The molecule has 0 aliphatic rings. The van der Waals surface area contributed by atoms with Gasteiger partial charge in [0.05, 0.1) is 11.3 Å². The van der Waals surface area contributed by atoms with Gasteiger partial charge in [0.25, 0.3) is 5.91 Å². The zero-order chi connectivity index (χ0) is 14.0. The van der Waals surface area contributed by atoms with E-state index in [0.717, 1.165) is 0 Å². The molecule has 0 saturated heterocycles. The molecule has 0 heterocycles. The fraction of sp³-hybridized carbons (Fsp3) is 0. The van der Waals surface area contributed by atoms with Gasteiger partial charge in [0, 0.05) is 8.04 Å². The Balaban J connectivity index is 2.28. The third-order valence-corrected chi connectivity index (χ3v) is 3.77. The largest absolute Gasteiger partial charge is 0.507 e. The van der Waals surface area contributed by atoms with Crippen LogP contribution in [0.3, 0.4) is 0 Å². The number of carbonyl (C=O) groups excluding carboxylic acids is 1. The average molecular weight is 436 g/mol. The zero-order valence-electron chi connectivity index (χ0n) is 9.45. The van der Waals surface area contributed by atoms with E-state index in [1.807, 2.05) is 22.6 Å². The number of carbonyl (C=O) groups is 1. The number of amides is 1. The Morgan fingerprint density at radius 2 is 2.00 bits per heavy atom. The van der Waals surface area contributed by atoms with Crippen LogP contribution in [0.5, 0.6) is 5.75 Å². The van der Waals surface area contributed by atoms with E-state index in [0.29, 0.717) is 13.7 Å². The lowest BCUT2D eigenvalue weighted by Gasteiger charge is -2.09. The summed E-state index contributed by atoms with van der Waals surface area (Å²) in [6.07, 6.45) is 0. The second-order valence-corrected chi connectivity index (χ2v) is 5.82. The highest BCUT2D eigenvalue weighted by atomic mass is 127. The molecule has 19 heavy (non-hydrogen) atoms. The molecule has 0 bridgehead atoms. The van der Waals surface area contributed by atoms with Gasteiger partial charge in [-0.25, -0.2) is 4.39 Å². The van der Waals surface area contributed by atoms with Gasteiger partial charge in [0.1, 0.15) is 11.6 Å². The normalized spacial score (nSPS) is 10.3. The number of anilines is 1. The Kier molecular flexibility index (Phi) is 4.41. The van der Waals surface area contributed by atoms with Gasteiger partial charge >= 0.3 is 0 Å². The predicted octanol–water partition coefficient (Wildman–Crippen LogP) is 4.15. The summed E-state index contributed by atoms with van der Waals surface area (Å²) in [7, 11) is 0. The van der Waals surface area contributed by atoms with Crippen molar-refractivity contribution in [2.45, 2.75) is 0 Å². The van der Waals surface area contributed by atoms with E-state index in [-0.39, 0.29) is 17.1 Å². The van der Waals surface area contributed by atoms with Gasteiger partial charge < -0.3 is 10.4 Å². The summed E-state index contributed by atoms with van der Waals surface area (Å²) in [6.45, 7) is 0. The molecule has 3 nitrogen and oxygen atoms in total. The number of hydrogen-bond acceptors (Lipinski definition) is 2. The smallest absolute Gasteiger partial charge is 0.259 e. The Morgan fingerprint density at radius 3 is 2.68 bits per heavy atom. The topological polar surface area (TPSA) is 49.3 Å². The highest BCUT2D eigenvalue weighted by Gasteiger charge is 2.13. The second-order valence-electron chi connectivity index (χ2n) is 3.74. The van der Waals surface area contributed by atoms with E-state index in [2.05, 4.69) is 21.2 Å². The van der Waals surface area contributed by atoms with E-state index in [4.69, 9.17) is 0 Å². The highest BCUT2D eigenvalue weighted by Crippen LogP contribution is 2.24. The van der Waals surface area contributed by atoms with Crippen molar-refractivity contribution >= 4 is 50.1 Å². The van der Waals surface area contributed by atoms with Crippen molar-refractivity contribution in [3.05, 3.63) is 55.8 Å².